The van der Waals surface area contributed by atoms with Gasteiger partial charge in [-0.15, -0.1) is 0 Å². The lowest BCUT2D eigenvalue weighted by atomic mass is 10.1. The van der Waals surface area contributed by atoms with E-state index in [-0.39, 0.29) is 38.2 Å². The van der Waals surface area contributed by atoms with Gasteiger partial charge in [0.25, 0.3) is 0 Å². The van der Waals surface area contributed by atoms with E-state index < -0.39 is 66.1 Å². The van der Waals surface area contributed by atoms with Gasteiger partial charge in [0.05, 0.1) is 18.8 Å². The van der Waals surface area contributed by atoms with Crippen LogP contribution in [0, 0.1) is 0 Å². The summed E-state index contributed by atoms with van der Waals surface area (Å²) in [6.07, 6.45) is 1.88. The van der Waals surface area contributed by atoms with Gasteiger partial charge in [0, 0.05) is 31.3 Å². The summed E-state index contributed by atoms with van der Waals surface area (Å²) < 4.78 is 0. The third kappa shape index (κ3) is 12.9. The summed E-state index contributed by atoms with van der Waals surface area (Å²) in [5.74, 6) is -5.90. The van der Waals surface area contributed by atoms with Gasteiger partial charge in [0.2, 0.25) is 29.5 Å². The molecule has 0 saturated carbocycles. The molecule has 0 aliphatic carbocycles. The van der Waals surface area contributed by atoms with Gasteiger partial charge in [-0.3, -0.25) is 29.0 Å². The summed E-state index contributed by atoms with van der Waals surface area (Å²) in [5.41, 5.74) is 27.0. The number of guanidine groups is 1. The van der Waals surface area contributed by atoms with Crippen molar-refractivity contribution in [3.05, 3.63) is 18.2 Å². The molecule has 1 aromatic rings. The van der Waals surface area contributed by atoms with Crippen LogP contribution in [0.3, 0.4) is 0 Å². The van der Waals surface area contributed by atoms with Gasteiger partial charge in [0.15, 0.2) is 5.96 Å². The van der Waals surface area contributed by atoms with E-state index in [9.17, 15) is 33.9 Å². The third-order valence-electron chi connectivity index (χ3n) is 5.25. The monoisotopic (exact) mass is 553 g/mol. The van der Waals surface area contributed by atoms with E-state index in [0.29, 0.717) is 12.1 Å². The molecule has 18 nitrogen and oxygen atoms in total. The molecule has 4 unspecified atom stereocenters. The standard InChI is InChI=1S/C21H35N11O7/c22-11(2-1-5-28-21(25)26)17(35)30-12(3-4-15(23)33)18(36)31-13(6-10-8-27-9-29-10)19(37)32-14(20(38)39)7-16(24)34/h8-9,11-14H,1-7,22H2,(H2,23,33)(H2,24,34)(H,27,29)(H,30,35)(H,31,36)(H,32,37)(H,38,39)(H4,25,26,28). The number of nitrogens with two attached hydrogens (primary N) is 5. The fourth-order valence-corrected chi connectivity index (χ4v) is 3.26. The van der Waals surface area contributed by atoms with Gasteiger partial charge in [-0.05, 0) is 19.3 Å². The smallest absolute Gasteiger partial charge is 0.326 e. The minimum atomic E-state index is -1.65. The summed E-state index contributed by atoms with van der Waals surface area (Å²) in [5, 5.41) is 16.3. The van der Waals surface area contributed by atoms with E-state index in [1.807, 2.05) is 0 Å². The summed E-state index contributed by atoms with van der Waals surface area (Å²) in [6, 6.07) is -5.41. The van der Waals surface area contributed by atoms with Crippen molar-refractivity contribution in [1.82, 2.24) is 25.9 Å². The molecule has 1 aromatic heterocycles. The second-order valence-corrected chi connectivity index (χ2v) is 8.53. The van der Waals surface area contributed by atoms with Crippen LogP contribution in [0.5, 0.6) is 0 Å². The first-order chi connectivity index (χ1) is 18.3. The lowest BCUT2D eigenvalue weighted by Gasteiger charge is -2.25. The molecule has 5 amide bonds. The maximum atomic E-state index is 13.1. The number of amides is 5. The molecule has 0 aromatic carbocycles. The number of carbonyl (C=O) groups excluding carboxylic acids is 5. The highest BCUT2D eigenvalue weighted by molar-refractivity contribution is 5.95. The van der Waals surface area contributed by atoms with Gasteiger partial charge in [0.1, 0.15) is 18.1 Å². The molecule has 0 aliphatic heterocycles. The van der Waals surface area contributed by atoms with Crippen LogP contribution in [0.4, 0.5) is 0 Å². The lowest BCUT2D eigenvalue weighted by Crippen LogP contribution is -2.58. The number of carboxylic acids is 1. The Hall–Kier alpha value is -4.74. The number of aromatic amines is 1. The molecule has 39 heavy (non-hydrogen) atoms. The predicted molar refractivity (Wildman–Crippen MR) is 136 cm³/mol. The van der Waals surface area contributed by atoms with E-state index in [4.69, 9.17) is 28.7 Å². The Morgan fingerprint density at radius 1 is 0.897 bits per heavy atom. The quantitative estimate of drug-likeness (QED) is 0.0466. The average Bonchev–Trinajstić information content (AvgIpc) is 3.35. The summed E-state index contributed by atoms with van der Waals surface area (Å²) in [4.78, 5) is 83.0. The van der Waals surface area contributed by atoms with Crippen molar-refractivity contribution in [2.45, 2.75) is 62.7 Å². The van der Waals surface area contributed by atoms with Crippen LogP contribution in [-0.2, 0) is 35.2 Å². The summed E-state index contributed by atoms with van der Waals surface area (Å²) in [6.45, 7) is 0.229. The Morgan fingerprint density at radius 2 is 1.51 bits per heavy atom. The van der Waals surface area contributed by atoms with E-state index in [0.717, 1.165) is 0 Å². The number of aliphatic imine (C=N–C) groups is 1. The van der Waals surface area contributed by atoms with E-state index in [1.165, 1.54) is 12.5 Å². The molecule has 4 atom stereocenters. The molecule has 15 N–H and O–H groups in total. The number of hydrogen-bond acceptors (Lipinski definition) is 9. The zero-order valence-electron chi connectivity index (χ0n) is 21.1. The molecule has 0 radical (unpaired) electrons. The number of aliphatic carboxylic acids is 1. The molecule has 1 heterocycles. The van der Waals surface area contributed by atoms with Gasteiger partial charge in [-0.25, -0.2) is 9.78 Å². The number of imidazole rings is 1. The van der Waals surface area contributed by atoms with Crippen molar-refractivity contribution < 1.29 is 33.9 Å². The second kappa shape index (κ2) is 16.2. The fourth-order valence-electron chi connectivity index (χ4n) is 3.26. The van der Waals surface area contributed by atoms with Crippen molar-refractivity contribution in [2.24, 2.45) is 33.7 Å². The highest BCUT2D eigenvalue weighted by Crippen LogP contribution is 2.05. The molecule has 0 aliphatic rings. The number of carboxylic acid groups (broad SMARTS) is 1. The van der Waals surface area contributed by atoms with Gasteiger partial charge in [-0.1, -0.05) is 0 Å². The fraction of sp³-hybridized carbons (Fsp3) is 0.524. The number of primary amides is 2. The van der Waals surface area contributed by atoms with Crippen LogP contribution < -0.4 is 44.6 Å². The maximum absolute atomic E-state index is 13.1. The molecule has 216 valence electrons. The Kier molecular flexibility index (Phi) is 13.4. The molecule has 18 heteroatoms. The van der Waals surface area contributed by atoms with Crippen molar-refractivity contribution in [2.75, 3.05) is 6.54 Å². The number of nitrogens with zero attached hydrogens (tertiary/aromatic N) is 2. The van der Waals surface area contributed by atoms with Crippen LogP contribution in [0.25, 0.3) is 0 Å². The SMILES string of the molecule is NC(=O)CCC(NC(=O)C(N)CCCN=C(N)N)C(=O)NC(Cc1cnc[nH]1)C(=O)NC(CC(N)=O)C(=O)O. The van der Waals surface area contributed by atoms with E-state index in [2.05, 4.69) is 30.9 Å². The molecular formula is C21H35N11O7. The Bertz CT molecular complexity index is 1040. The van der Waals surface area contributed by atoms with E-state index in [1.54, 1.807) is 0 Å². The Labute approximate surface area is 222 Å². The number of hydrogen-bond donors (Lipinski definition) is 10. The molecular weight excluding hydrogens is 518 g/mol. The number of carbonyl (C=O) groups is 6. The molecule has 0 fully saturated rings. The minimum absolute atomic E-state index is 0.116. The zero-order valence-corrected chi connectivity index (χ0v) is 21.1. The van der Waals surface area contributed by atoms with Gasteiger partial charge in [-0.2, -0.15) is 0 Å². The van der Waals surface area contributed by atoms with Crippen LogP contribution in [0.1, 0.15) is 37.8 Å². The molecule has 0 saturated heterocycles. The highest BCUT2D eigenvalue weighted by atomic mass is 16.4. The predicted octanol–water partition coefficient (Wildman–Crippen LogP) is -4.99. The number of aromatic nitrogens is 2. The maximum Gasteiger partial charge on any atom is 0.326 e. The highest BCUT2D eigenvalue weighted by Gasteiger charge is 2.31. The topological polar surface area (TPSA) is 330 Å². The second-order valence-electron chi connectivity index (χ2n) is 8.53. The first-order valence-electron chi connectivity index (χ1n) is 11.8. The third-order valence-corrected chi connectivity index (χ3v) is 5.25. The minimum Gasteiger partial charge on any atom is -0.480 e. The number of rotatable bonds is 18. The van der Waals surface area contributed by atoms with E-state index >= 15 is 0 Å². The largest absolute Gasteiger partial charge is 0.480 e. The first kappa shape index (κ1) is 32.3. The van der Waals surface area contributed by atoms with Gasteiger partial charge < -0.3 is 54.7 Å². The zero-order chi connectivity index (χ0) is 29.5. The number of H-pyrrole nitrogens is 1. The first-order valence-corrected chi connectivity index (χ1v) is 11.8. The van der Waals surface area contributed by atoms with Crippen LogP contribution in [0.15, 0.2) is 17.5 Å². The lowest BCUT2D eigenvalue weighted by molar-refractivity contribution is -0.143. The molecule has 0 bridgehead atoms. The van der Waals surface area contributed by atoms with Crippen LogP contribution in [0.2, 0.25) is 0 Å². The van der Waals surface area contributed by atoms with Crippen LogP contribution in [-0.4, -0.2) is 87.3 Å². The van der Waals surface area contributed by atoms with Crippen molar-refractivity contribution in [1.29, 1.82) is 0 Å². The molecule has 0 spiro atoms. The Balaban J connectivity index is 3.03. The Morgan fingerprint density at radius 3 is 2.05 bits per heavy atom. The number of nitrogens with one attached hydrogen (secondary N) is 4. The molecule has 1 rings (SSSR count). The van der Waals surface area contributed by atoms with Crippen molar-refractivity contribution >= 4 is 41.5 Å². The average molecular weight is 554 g/mol. The van der Waals surface area contributed by atoms with Crippen LogP contribution >= 0.6 is 0 Å². The van der Waals surface area contributed by atoms with Gasteiger partial charge >= 0.3 is 5.97 Å². The normalized spacial score (nSPS) is 13.7. The van der Waals surface area contributed by atoms with Crippen molar-refractivity contribution in [3.8, 4) is 0 Å². The summed E-state index contributed by atoms with van der Waals surface area (Å²) >= 11 is 0. The van der Waals surface area contributed by atoms with Crippen molar-refractivity contribution in [3.63, 3.8) is 0 Å². The summed E-state index contributed by atoms with van der Waals surface area (Å²) in [7, 11) is 0.